The Morgan fingerprint density at radius 2 is 2.23 bits per heavy atom. The predicted octanol–water partition coefficient (Wildman–Crippen LogP) is 2.46. The zero-order valence-electron chi connectivity index (χ0n) is 19.4. The van der Waals surface area contributed by atoms with E-state index in [4.69, 9.17) is 10.5 Å². The lowest BCUT2D eigenvalue weighted by molar-refractivity contribution is -0.133. The molecule has 4 aliphatic rings. The van der Waals surface area contributed by atoms with Crippen LogP contribution in [0.4, 0.5) is 0 Å². The van der Waals surface area contributed by atoms with E-state index < -0.39 is 5.97 Å². The van der Waals surface area contributed by atoms with Gasteiger partial charge in [-0.2, -0.15) is 0 Å². The van der Waals surface area contributed by atoms with Gasteiger partial charge in [0, 0.05) is 55.3 Å². The molecular formula is C24H38N4O3. The van der Waals surface area contributed by atoms with E-state index in [9.17, 15) is 9.90 Å². The zero-order valence-corrected chi connectivity index (χ0v) is 19.4. The van der Waals surface area contributed by atoms with E-state index in [1.807, 2.05) is 14.0 Å². The Hall–Kier alpha value is -1.86. The molecule has 0 amide bonds. The van der Waals surface area contributed by atoms with Crippen molar-refractivity contribution in [2.45, 2.75) is 39.5 Å². The maximum absolute atomic E-state index is 12.5. The Kier molecular flexibility index (Phi) is 5.94. The van der Waals surface area contributed by atoms with Crippen LogP contribution in [0.25, 0.3) is 0 Å². The summed E-state index contributed by atoms with van der Waals surface area (Å²) >= 11 is 0. The lowest BCUT2D eigenvalue weighted by atomic mass is 9.46. The third kappa shape index (κ3) is 2.99. The monoisotopic (exact) mass is 430 g/mol. The number of hydrogen-bond acceptors (Lipinski definition) is 4. The first-order valence-electron chi connectivity index (χ1n) is 11.7. The molecule has 1 aliphatic heterocycles. The van der Waals surface area contributed by atoms with E-state index in [0.717, 1.165) is 38.8 Å². The van der Waals surface area contributed by atoms with Crippen molar-refractivity contribution in [2.24, 2.45) is 45.2 Å². The molecule has 2 bridgehead atoms. The summed E-state index contributed by atoms with van der Waals surface area (Å²) in [4.78, 5) is 18.9. The van der Waals surface area contributed by atoms with Crippen LogP contribution >= 0.6 is 0 Å². The molecule has 4 N–H and O–H groups in total. The van der Waals surface area contributed by atoms with Crippen molar-refractivity contribution in [3.63, 3.8) is 0 Å². The average molecular weight is 431 g/mol. The Morgan fingerprint density at radius 1 is 1.45 bits per heavy atom. The molecule has 0 saturated heterocycles. The van der Waals surface area contributed by atoms with Crippen molar-refractivity contribution in [1.82, 2.24) is 10.2 Å². The average Bonchev–Trinajstić information content (AvgIpc) is 3.15. The number of guanidine groups is 1. The van der Waals surface area contributed by atoms with Gasteiger partial charge >= 0.3 is 5.97 Å². The molecule has 0 aromatic carbocycles. The van der Waals surface area contributed by atoms with Crippen molar-refractivity contribution < 1.29 is 14.6 Å². The normalized spacial score (nSPS) is 39.5. The number of aliphatic carboxylic acids is 1. The molecule has 6 unspecified atom stereocenters. The predicted molar refractivity (Wildman–Crippen MR) is 121 cm³/mol. The van der Waals surface area contributed by atoms with Crippen LogP contribution in [-0.4, -0.2) is 62.3 Å². The van der Waals surface area contributed by atoms with E-state index in [-0.39, 0.29) is 16.7 Å². The van der Waals surface area contributed by atoms with Gasteiger partial charge in [-0.25, -0.2) is 4.79 Å². The van der Waals surface area contributed by atoms with E-state index >= 15 is 0 Å². The SMILES string of the molecule is CCOCC1CC23C(=C1C(=O)O)CC(CCC2C)C31CN(C(N)=NC)C=CC1CNC. The van der Waals surface area contributed by atoms with Gasteiger partial charge in [-0.1, -0.05) is 18.6 Å². The largest absolute Gasteiger partial charge is 0.478 e. The number of aliphatic imine (C=N–C) groups is 1. The number of carbonyl (C=O) groups is 1. The van der Waals surface area contributed by atoms with Gasteiger partial charge < -0.3 is 25.8 Å². The van der Waals surface area contributed by atoms with Crippen molar-refractivity contribution in [2.75, 3.05) is 40.4 Å². The highest BCUT2D eigenvalue weighted by Crippen LogP contribution is 2.76. The number of rotatable bonds is 6. The van der Waals surface area contributed by atoms with Crippen LogP contribution in [-0.2, 0) is 9.53 Å². The van der Waals surface area contributed by atoms with Crippen LogP contribution in [0.1, 0.15) is 39.5 Å². The van der Waals surface area contributed by atoms with Crippen molar-refractivity contribution in [3.8, 4) is 0 Å². The van der Waals surface area contributed by atoms with Gasteiger partial charge in [-0.15, -0.1) is 0 Å². The quantitative estimate of drug-likeness (QED) is 0.442. The Labute approximate surface area is 185 Å². The molecule has 0 aromatic heterocycles. The fourth-order valence-electron chi connectivity index (χ4n) is 7.87. The number of hydrogen-bond donors (Lipinski definition) is 3. The van der Waals surface area contributed by atoms with E-state index in [0.29, 0.717) is 42.5 Å². The highest BCUT2D eigenvalue weighted by Gasteiger charge is 2.72. The zero-order chi connectivity index (χ0) is 22.4. The number of nitrogens with two attached hydrogens (primary N) is 1. The molecule has 31 heavy (non-hydrogen) atoms. The molecule has 0 radical (unpaired) electrons. The van der Waals surface area contributed by atoms with Gasteiger partial charge in [0.25, 0.3) is 0 Å². The molecule has 6 atom stereocenters. The highest BCUT2D eigenvalue weighted by atomic mass is 16.5. The molecule has 172 valence electrons. The van der Waals surface area contributed by atoms with Crippen molar-refractivity contribution in [1.29, 1.82) is 0 Å². The number of carboxylic acids is 1. The summed E-state index contributed by atoms with van der Waals surface area (Å²) in [5.41, 5.74) is 7.95. The Morgan fingerprint density at radius 3 is 2.87 bits per heavy atom. The second-order valence-corrected chi connectivity index (χ2v) is 9.86. The first kappa shape index (κ1) is 22.3. The smallest absolute Gasteiger partial charge is 0.331 e. The van der Waals surface area contributed by atoms with E-state index in [1.54, 1.807) is 7.05 Å². The lowest BCUT2D eigenvalue weighted by Gasteiger charge is -2.60. The van der Waals surface area contributed by atoms with Gasteiger partial charge in [-0.3, -0.25) is 4.99 Å². The van der Waals surface area contributed by atoms with Crippen LogP contribution in [0, 0.1) is 34.5 Å². The van der Waals surface area contributed by atoms with Crippen LogP contribution in [0.3, 0.4) is 0 Å². The highest BCUT2D eigenvalue weighted by molar-refractivity contribution is 5.90. The number of carboxylic acid groups (broad SMARTS) is 1. The summed E-state index contributed by atoms with van der Waals surface area (Å²) in [6, 6.07) is 0. The standard InChI is InChI=1S/C24H38N4O3/c1-5-31-13-16-11-23-15(2)6-7-17(10-19(23)20(16)21(29)30)24(23)14-28(22(25)27-4)9-8-18(24)12-26-3/h8-9,15-18,26H,5-7,10-14H2,1-4H3,(H2,25,27)(H,29,30). The van der Waals surface area contributed by atoms with Gasteiger partial charge in [0.15, 0.2) is 5.96 Å². The van der Waals surface area contributed by atoms with E-state index in [1.165, 1.54) is 5.57 Å². The molecule has 3 aliphatic carbocycles. The summed E-state index contributed by atoms with van der Waals surface area (Å²) in [7, 11) is 3.74. The minimum atomic E-state index is -0.755. The molecule has 2 spiro atoms. The minimum Gasteiger partial charge on any atom is -0.478 e. The lowest BCUT2D eigenvalue weighted by Crippen LogP contribution is -2.61. The maximum Gasteiger partial charge on any atom is 0.331 e. The number of nitrogens with zero attached hydrogens (tertiary/aromatic N) is 2. The Balaban J connectivity index is 1.90. The van der Waals surface area contributed by atoms with Crippen LogP contribution in [0.15, 0.2) is 28.4 Å². The third-order valence-corrected chi connectivity index (χ3v) is 8.93. The summed E-state index contributed by atoms with van der Waals surface area (Å²) in [6.45, 7) is 7.10. The molecule has 0 aromatic rings. The fraction of sp³-hybridized carbons (Fsp3) is 0.750. The third-order valence-electron chi connectivity index (χ3n) is 8.93. The molecular weight excluding hydrogens is 392 g/mol. The molecule has 2 fully saturated rings. The number of ether oxygens (including phenoxy) is 1. The van der Waals surface area contributed by atoms with Crippen LogP contribution < -0.4 is 11.1 Å². The molecule has 7 heteroatoms. The second-order valence-electron chi connectivity index (χ2n) is 9.86. The molecule has 4 rings (SSSR count). The second kappa shape index (κ2) is 8.24. The fourth-order valence-corrected chi connectivity index (χ4v) is 7.87. The number of nitrogens with one attached hydrogen (secondary N) is 1. The van der Waals surface area contributed by atoms with Crippen molar-refractivity contribution in [3.05, 3.63) is 23.4 Å². The van der Waals surface area contributed by atoms with Crippen LogP contribution in [0.5, 0.6) is 0 Å². The van der Waals surface area contributed by atoms with Gasteiger partial charge in [0.1, 0.15) is 0 Å². The van der Waals surface area contributed by atoms with Gasteiger partial charge in [0.05, 0.1) is 6.61 Å². The topological polar surface area (TPSA) is 100 Å². The number of allylic oxidation sites excluding steroid dienone is 1. The first-order chi connectivity index (χ1) is 14.9. The minimum absolute atomic E-state index is 0.0439. The summed E-state index contributed by atoms with van der Waals surface area (Å²) < 4.78 is 5.79. The first-order valence-corrected chi connectivity index (χ1v) is 11.7. The maximum atomic E-state index is 12.5. The summed E-state index contributed by atoms with van der Waals surface area (Å²) in [5, 5.41) is 13.7. The summed E-state index contributed by atoms with van der Waals surface area (Å²) in [5.74, 6) is 0.934. The molecule has 2 saturated carbocycles. The van der Waals surface area contributed by atoms with Gasteiger partial charge in [-0.05, 0) is 57.4 Å². The summed E-state index contributed by atoms with van der Waals surface area (Å²) in [6.07, 6.45) is 8.42. The van der Waals surface area contributed by atoms with Crippen LogP contribution in [0.2, 0.25) is 0 Å². The van der Waals surface area contributed by atoms with Crippen molar-refractivity contribution >= 4 is 11.9 Å². The van der Waals surface area contributed by atoms with E-state index in [2.05, 4.69) is 34.4 Å². The van der Waals surface area contributed by atoms with Gasteiger partial charge in [0.2, 0.25) is 0 Å². The molecule has 7 nitrogen and oxygen atoms in total. The molecule has 1 heterocycles. The Bertz CT molecular complexity index is 822.